The molecular weight excluding hydrogens is 288 g/mol. The zero-order chi connectivity index (χ0) is 17.5. The van der Waals surface area contributed by atoms with Gasteiger partial charge in [0.1, 0.15) is 17.2 Å². The average molecular weight is 312 g/mol. The molecule has 1 N–H and O–H groups in total. The molecule has 0 spiro atoms. The van der Waals surface area contributed by atoms with Crippen LogP contribution in [0.25, 0.3) is 6.08 Å². The summed E-state index contributed by atoms with van der Waals surface area (Å²) in [6, 6.07) is 3.60. The summed E-state index contributed by atoms with van der Waals surface area (Å²) in [6.07, 6.45) is 8.53. The van der Waals surface area contributed by atoms with Crippen molar-refractivity contribution in [3.63, 3.8) is 0 Å². The van der Waals surface area contributed by atoms with Crippen molar-refractivity contribution in [2.45, 2.75) is 33.3 Å². The topological polar surface area (TPSA) is 51.2 Å². The Hall–Kier alpha value is -2.62. The molecule has 1 heterocycles. The van der Waals surface area contributed by atoms with Crippen LogP contribution in [0.5, 0.6) is 0 Å². The van der Waals surface area contributed by atoms with Crippen LogP contribution in [0, 0.1) is 0 Å². The fraction of sp³-hybridized carbons (Fsp3) is 0.263. The molecule has 1 amide bonds. The van der Waals surface area contributed by atoms with E-state index >= 15 is 0 Å². The Balaban J connectivity index is 2.67. The molecule has 0 aliphatic heterocycles. The molecule has 1 aromatic rings. The highest BCUT2D eigenvalue weighted by molar-refractivity contribution is 6.02. The molecule has 0 radical (unpaired) electrons. The molecule has 122 valence electrons. The van der Waals surface area contributed by atoms with E-state index in [1.54, 1.807) is 37.4 Å². The molecule has 0 aromatic carbocycles. The van der Waals surface area contributed by atoms with E-state index in [9.17, 15) is 4.79 Å². The molecule has 0 atom stereocenters. The maximum absolute atomic E-state index is 11.8. The van der Waals surface area contributed by atoms with Crippen LogP contribution in [0.4, 0.5) is 5.82 Å². The molecule has 0 saturated heterocycles. The minimum absolute atomic E-state index is 0.201. The van der Waals surface area contributed by atoms with E-state index in [2.05, 4.69) is 23.5 Å². The van der Waals surface area contributed by atoms with Gasteiger partial charge in [-0.1, -0.05) is 25.3 Å². The first-order valence-corrected chi connectivity index (χ1v) is 7.34. The lowest BCUT2D eigenvalue weighted by Crippen LogP contribution is -2.17. The highest BCUT2D eigenvalue weighted by Gasteiger charge is 2.10. The lowest BCUT2D eigenvalue weighted by molar-refractivity contribution is -0.112. The summed E-state index contributed by atoms with van der Waals surface area (Å²) < 4.78 is 5.61. The van der Waals surface area contributed by atoms with E-state index in [4.69, 9.17) is 4.74 Å². The Labute approximate surface area is 138 Å². The number of anilines is 1. The second-order valence-electron chi connectivity index (χ2n) is 6.03. The highest BCUT2D eigenvalue weighted by Crippen LogP contribution is 2.14. The maximum atomic E-state index is 11.8. The molecule has 4 heteroatoms. The maximum Gasteiger partial charge on any atom is 0.252 e. The van der Waals surface area contributed by atoms with Gasteiger partial charge < -0.3 is 10.1 Å². The molecule has 23 heavy (non-hydrogen) atoms. The van der Waals surface area contributed by atoms with Crippen molar-refractivity contribution in [2.24, 2.45) is 0 Å². The van der Waals surface area contributed by atoms with Crippen LogP contribution in [-0.4, -0.2) is 16.5 Å². The number of rotatable bonds is 6. The summed E-state index contributed by atoms with van der Waals surface area (Å²) in [5, 5.41) is 2.72. The number of amides is 1. The number of pyridine rings is 1. The Kier molecular flexibility index (Phi) is 6.51. The van der Waals surface area contributed by atoms with Crippen LogP contribution in [0.2, 0.25) is 0 Å². The molecule has 4 nitrogen and oxygen atoms in total. The summed E-state index contributed by atoms with van der Waals surface area (Å²) in [5.74, 6) is 0.876. The van der Waals surface area contributed by atoms with Gasteiger partial charge in [0.15, 0.2) is 0 Å². The van der Waals surface area contributed by atoms with Gasteiger partial charge in [0.2, 0.25) is 0 Å². The van der Waals surface area contributed by atoms with Crippen molar-refractivity contribution >= 4 is 17.8 Å². The molecule has 0 bridgehead atoms. The van der Waals surface area contributed by atoms with Gasteiger partial charge in [-0.3, -0.25) is 4.79 Å². The average Bonchev–Trinajstić information content (AvgIpc) is 2.45. The second-order valence-corrected chi connectivity index (χ2v) is 6.03. The quantitative estimate of drug-likeness (QED) is 0.478. The van der Waals surface area contributed by atoms with E-state index in [1.807, 2.05) is 32.9 Å². The van der Waals surface area contributed by atoms with Crippen LogP contribution in [0.15, 0.2) is 61.0 Å². The summed E-state index contributed by atoms with van der Waals surface area (Å²) in [5.41, 5.74) is 1.19. The van der Waals surface area contributed by atoms with Gasteiger partial charge in [-0.15, -0.1) is 0 Å². The van der Waals surface area contributed by atoms with Gasteiger partial charge in [0, 0.05) is 11.8 Å². The van der Waals surface area contributed by atoms with Crippen LogP contribution in [0.3, 0.4) is 0 Å². The lowest BCUT2D eigenvalue weighted by Gasteiger charge is -2.21. The first kappa shape index (κ1) is 18.4. The third-order valence-corrected chi connectivity index (χ3v) is 2.65. The second kappa shape index (κ2) is 8.13. The molecule has 0 fully saturated rings. The standard InChI is InChI=1S/C19H24N2O2/c1-7-8-14(2)18(22)21-17-12-11-16(13-20-17)10-9-15(3)23-19(4,5)6/h7-13H,1,3H2,2,4-6H3,(H,20,21,22). The van der Waals surface area contributed by atoms with Crippen molar-refractivity contribution in [1.82, 2.24) is 4.98 Å². The fourth-order valence-electron chi connectivity index (χ4n) is 1.66. The van der Waals surface area contributed by atoms with Crippen molar-refractivity contribution in [3.05, 3.63) is 66.6 Å². The third-order valence-electron chi connectivity index (χ3n) is 2.65. The number of allylic oxidation sites excluding steroid dienone is 3. The number of nitrogens with one attached hydrogen (secondary N) is 1. The van der Waals surface area contributed by atoms with Gasteiger partial charge in [0.05, 0.1) is 0 Å². The number of carbonyl (C=O) groups excluding carboxylic acids is 1. The minimum Gasteiger partial charge on any atom is -0.489 e. The number of carbonyl (C=O) groups is 1. The summed E-state index contributed by atoms with van der Waals surface area (Å²) in [7, 11) is 0. The van der Waals surface area contributed by atoms with E-state index in [0.717, 1.165) is 5.56 Å². The van der Waals surface area contributed by atoms with E-state index in [1.165, 1.54) is 0 Å². The predicted molar refractivity (Wildman–Crippen MR) is 95.8 cm³/mol. The van der Waals surface area contributed by atoms with Crippen LogP contribution in [0.1, 0.15) is 33.3 Å². The zero-order valence-corrected chi connectivity index (χ0v) is 14.2. The number of nitrogens with zero attached hydrogens (tertiary/aromatic N) is 1. The summed E-state index contributed by atoms with van der Waals surface area (Å²) >= 11 is 0. The molecule has 1 aromatic heterocycles. The normalized spacial score (nSPS) is 12.1. The van der Waals surface area contributed by atoms with Gasteiger partial charge in [-0.05, 0) is 57.5 Å². The van der Waals surface area contributed by atoms with Crippen molar-refractivity contribution < 1.29 is 9.53 Å². The monoisotopic (exact) mass is 312 g/mol. The minimum atomic E-state index is -0.273. The molecular formula is C19H24N2O2. The smallest absolute Gasteiger partial charge is 0.252 e. The number of aromatic nitrogens is 1. The Morgan fingerprint density at radius 1 is 1.35 bits per heavy atom. The Bertz CT molecular complexity index is 632. The van der Waals surface area contributed by atoms with Crippen LogP contribution in [-0.2, 0) is 9.53 Å². The Morgan fingerprint density at radius 2 is 2.04 bits per heavy atom. The third kappa shape index (κ3) is 7.27. The molecule has 0 aliphatic rings. The lowest BCUT2D eigenvalue weighted by atomic mass is 10.2. The number of ether oxygens (including phenoxy) is 1. The summed E-state index contributed by atoms with van der Waals surface area (Å²) in [6.45, 7) is 15.0. The first-order valence-electron chi connectivity index (χ1n) is 7.34. The number of hydrogen-bond donors (Lipinski definition) is 1. The summed E-state index contributed by atoms with van der Waals surface area (Å²) in [4.78, 5) is 16.0. The van der Waals surface area contributed by atoms with Crippen molar-refractivity contribution in [2.75, 3.05) is 5.32 Å². The van der Waals surface area contributed by atoms with E-state index in [-0.39, 0.29) is 11.5 Å². The highest BCUT2D eigenvalue weighted by atomic mass is 16.5. The van der Waals surface area contributed by atoms with Gasteiger partial charge >= 0.3 is 0 Å². The Morgan fingerprint density at radius 3 is 2.57 bits per heavy atom. The largest absolute Gasteiger partial charge is 0.489 e. The first-order chi connectivity index (χ1) is 10.7. The predicted octanol–water partition coefficient (Wildman–Crippen LogP) is 4.49. The molecule has 0 saturated carbocycles. The molecule has 0 aliphatic carbocycles. The molecule has 0 unspecified atom stereocenters. The van der Waals surface area contributed by atoms with Crippen molar-refractivity contribution in [3.8, 4) is 0 Å². The fourth-order valence-corrected chi connectivity index (χ4v) is 1.66. The SMILES string of the molecule is C=CC=C(C)C(=O)Nc1ccc(C=CC(=C)OC(C)(C)C)cn1. The van der Waals surface area contributed by atoms with Crippen molar-refractivity contribution in [1.29, 1.82) is 0 Å². The van der Waals surface area contributed by atoms with E-state index < -0.39 is 0 Å². The van der Waals surface area contributed by atoms with Gasteiger partial charge in [-0.25, -0.2) is 4.98 Å². The van der Waals surface area contributed by atoms with E-state index in [0.29, 0.717) is 17.2 Å². The number of hydrogen-bond acceptors (Lipinski definition) is 3. The van der Waals surface area contributed by atoms with Gasteiger partial charge in [0.25, 0.3) is 5.91 Å². The zero-order valence-electron chi connectivity index (χ0n) is 14.2. The van der Waals surface area contributed by atoms with Gasteiger partial charge in [-0.2, -0.15) is 0 Å². The molecule has 1 rings (SSSR count). The van der Waals surface area contributed by atoms with Crippen LogP contribution < -0.4 is 5.32 Å². The van der Waals surface area contributed by atoms with Crippen LogP contribution >= 0.6 is 0 Å².